The molecule has 0 aromatic heterocycles. The number of anilines is 7. The van der Waals surface area contributed by atoms with Gasteiger partial charge >= 0.3 is 29.7 Å². The van der Waals surface area contributed by atoms with E-state index in [1.54, 1.807) is 81.6 Å². The fraction of sp³-hybridized carbons (Fsp3) is 0.517. The Bertz CT molecular complexity index is 3100. The number of nitro benzene ring substituents is 3. The number of nitrogens with one attached hydrogen (secondary N) is 3. The number of hydrogen-bond acceptors (Lipinski definition) is 24. The molecule has 7 rings (SSSR count). The third-order valence-corrected chi connectivity index (χ3v) is 11.8. The Balaban J connectivity index is 0.000000593. The number of morpholine rings is 2. The van der Waals surface area contributed by atoms with Gasteiger partial charge in [0.15, 0.2) is 0 Å². The minimum absolute atomic E-state index is 0. The van der Waals surface area contributed by atoms with Gasteiger partial charge in [-0.2, -0.15) is 8.78 Å². The maximum absolute atomic E-state index is 13.4. The Kier molecular flexibility index (Phi) is 35.6. The molecule has 0 saturated carbocycles. The van der Waals surface area contributed by atoms with Gasteiger partial charge in [-0.25, -0.2) is 14.4 Å². The number of benzene rings is 4. The van der Waals surface area contributed by atoms with Gasteiger partial charge in [-0.3, -0.25) is 46.3 Å². The van der Waals surface area contributed by atoms with Gasteiger partial charge in [0.2, 0.25) is 11.6 Å². The third-order valence-electron chi connectivity index (χ3n) is 11.8. The Morgan fingerprint density at radius 2 is 0.817 bits per heavy atom. The minimum atomic E-state index is -1.05. The van der Waals surface area contributed by atoms with Crippen LogP contribution in [0.25, 0.3) is 0 Å². The first kappa shape index (κ1) is 82.8. The number of nitro groups is 3. The number of nitrogens with zero attached hydrogens (tertiary/aromatic N) is 5. The fourth-order valence-electron chi connectivity index (χ4n) is 7.71. The van der Waals surface area contributed by atoms with Crippen molar-refractivity contribution in [3.8, 4) is 23.0 Å². The molecule has 0 unspecified atom stereocenters. The van der Waals surface area contributed by atoms with Gasteiger partial charge in [0, 0.05) is 115 Å². The zero-order valence-corrected chi connectivity index (χ0v) is 58.0. The Morgan fingerprint density at radius 3 is 1.14 bits per heavy atom. The largest absolute Gasteiger partial charge is 0.494 e. The number of amides is 3. The predicted octanol–water partition coefficient (Wildman–Crippen LogP) is 11.6. The molecule has 0 atom stereocenters. The van der Waals surface area contributed by atoms with Gasteiger partial charge in [-0.1, -0.05) is 0 Å². The maximum atomic E-state index is 13.4. The second-order valence-corrected chi connectivity index (χ2v) is 22.7. The normalized spacial score (nSPS) is 13.4. The number of hydrogen-bond donors (Lipinski definition) is 5. The van der Waals surface area contributed by atoms with E-state index in [0.717, 1.165) is 56.3 Å². The van der Waals surface area contributed by atoms with Crippen molar-refractivity contribution in [1.29, 1.82) is 0 Å². The molecule has 3 fully saturated rings. The van der Waals surface area contributed by atoms with E-state index in [2.05, 4.69) is 32.5 Å². The van der Waals surface area contributed by atoms with E-state index in [0.29, 0.717) is 74.5 Å². The van der Waals surface area contributed by atoms with E-state index in [4.69, 9.17) is 54.1 Å². The van der Waals surface area contributed by atoms with Crippen LogP contribution < -0.4 is 56.2 Å². The number of ether oxygens (including phenoxy) is 10. The summed E-state index contributed by atoms with van der Waals surface area (Å²) >= 11 is 0. The Morgan fingerprint density at radius 1 is 0.505 bits per heavy atom. The number of nitrogen functional groups attached to an aromatic ring is 2. The molecule has 3 amide bonds. The molecule has 93 heavy (non-hydrogen) atoms. The molecular formula is C60H87F2N10O20Y-. The van der Waals surface area contributed by atoms with Crippen LogP contribution in [-0.4, -0.2) is 150 Å². The van der Waals surface area contributed by atoms with Crippen LogP contribution in [0.1, 0.15) is 94.9 Å². The number of carbonyl (C=O) groups excluding carboxylic acids is 4. The van der Waals surface area contributed by atoms with Gasteiger partial charge < -0.3 is 80.4 Å². The van der Waals surface area contributed by atoms with E-state index in [-0.39, 0.29) is 72.7 Å². The Hall–Kier alpha value is -8.20. The fourth-order valence-corrected chi connectivity index (χ4v) is 7.71. The summed E-state index contributed by atoms with van der Waals surface area (Å²) in [4.78, 5) is 79.5. The molecular weight excluding hydrogens is 1310 g/mol. The number of methoxy groups -OCH3 is 4. The van der Waals surface area contributed by atoms with Crippen LogP contribution in [0.15, 0.2) is 48.5 Å². The van der Waals surface area contributed by atoms with Crippen LogP contribution in [-0.2, 0) is 65.9 Å². The van der Waals surface area contributed by atoms with Crippen molar-refractivity contribution in [2.75, 3.05) is 131 Å². The molecule has 3 heterocycles. The number of Topliss-reactive ketones (excluding diaryl/α,β-unsaturated/α-hetero) is 1. The topological polar surface area (TPSA) is 385 Å². The predicted molar refractivity (Wildman–Crippen MR) is 342 cm³/mol. The molecule has 33 heteroatoms. The molecule has 1 radical (unpaired) electrons. The Labute approximate surface area is 564 Å². The van der Waals surface area contributed by atoms with Crippen molar-refractivity contribution in [1.82, 2.24) is 0 Å². The summed E-state index contributed by atoms with van der Waals surface area (Å²) in [6, 6.07) is 9.86. The summed E-state index contributed by atoms with van der Waals surface area (Å²) in [7, 11) is 5.54. The number of halogens is 2. The van der Waals surface area contributed by atoms with Gasteiger partial charge in [-0.05, 0) is 94.6 Å². The van der Waals surface area contributed by atoms with Crippen molar-refractivity contribution in [2.24, 2.45) is 0 Å². The van der Waals surface area contributed by atoms with Crippen LogP contribution in [0, 0.1) is 48.9 Å². The van der Waals surface area contributed by atoms with Gasteiger partial charge in [0.25, 0.3) is 5.69 Å². The minimum Gasteiger partial charge on any atom is -0.494 e. The third kappa shape index (κ3) is 30.9. The van der Waals surface area contributed by atoms with Crippen LogP contribution in [0.5, 0.6) is 23.0 Å². The average Bonchev–Trinajstić information content (AvgIpc) is 0.829. The second-order valence-electron chi connectivity index (χ2n) is 22.7. The molecule has 3 aliphatic heterocycles. The molecule has 30 nitrogen and oxygen atoms in total. The summed E-state index contributed by atoms with van der Waals surface area (Å²) in [5.41, 5.74) is 10.5. The smallest absolute Gasteiger partial charge is 0.412 e. The standard InChI is InChI=1S/C16H23N3O6.C16H25N3O4.C12H15FN2O5.C7H7FN2O3.C5H10O.C4H7O.Y/c1-16(2,3)25-15(20)17-11-9-13(19(21)22)12(10-14(11)23-4)18-5-7-24-8-6-18;1-16(2,3)23-15(20)18-12-9-11(17)13(10-14(12)21-4)19-5-7-22-8-6-19;1-12(2,3)20-11(16)14-8-6-9(15(17)18)7(13)5-10(8)19-4;1-13-7-2-4(8)6(10(11)12)3-5(7)9;1-2-4-6-5-3-1;1-3-4(2)5;/h9-10H,5-8H2,1-4H3,(H,17,20);9-10H,5-8,17H2,1-4H3,(H,18,20);5-6H,1-4H3,(H,14,16);2-3H,9H2,1H3;1-5H2;1,3H2,2H3;/q;;;;;-1;. The van der Waals surface area contributed by atoms with E-state index in [1.807, 2.05) is 11.0 Å². The summed E-state index contributed by atoms with van der Waals surface area (Å²) in [5, 5.41) is 39.9. The molecule has 3 aliphatic rings. The summed E-state index contributed by atoms with van der Waals surface area (Å²) in [6.07, 6.45) is 2.27. The summed E-state index contributed by atoms with van der Waals surface area (Å²) in [6.45, 7) is 27.4. The van der Waals surface area contributed by atoms with Crippen molar-refractivity contribution >= 4 is 80.9 Å². The number of carbonyl (C=O) groups is 4. The first-order chi connectivity index (χ1) is 43.0. The molecule has 7 N–H and O–H groups in total. The quantitative estimate of drug-likeness (QED) is 0.0273. The molecule has 0 bridgehead atoms. The monoisotopic (exact) mass is 1390 g/mol. The summed E-state index contributed by atoms with van der Waals surface area (Å²) < 4.78 is 77.7. The maximum Gasteiger partial charge on any atom is 0.412 e. The van der Waals surface area contributed by atoms with Crippen molar-refractivity contribution in [3.05, 3.63) is 97.4 Å². The van der Waals surface area contributed by atoms with Crippen LogP contribution in [0.2, 0.25) is 0 Å². The molecule has 515 valence electrons. The van der Waals surface area contributed by atoms with Crippen LogP contribution in [0.4, 0.5) is 80.0 Å². The first-order valence-electron chi connectivity index (χ1n) is 28.6. The van der Waals surface area contributed by atoms with E-state index < -0.39 is 72.9 Å². The second kappa shape index (κ2) is 40.0. The first-order valence-corrected chi connectivity index (χ1v) is 28.6. The van der Waals surface area contributed by atoms with E-state index in [9.17, 15) is 58.3 Å². The molecule has 3 saturated heterocycles. The average molecular weight is 1400 g/mol. The molecule has 4 aromatic carbocycles. The van der Waals surface area contributed by atoms with Crippen molar-refractivity contribution < 1.29 is 123 Å². The number of ketones is 1. The van der Waals surface area contributed by atoms with Crippen molar-refractivity contribution in [2.45, 2.75) is 112 Å². The van der Waals surface area contributed by atoms with Crippen molar-refractivity contribution in [3.63, 3.8) is 0 Å². The van der Waals surface area contributed by atoms with E-state index in [1.165, 1.54) is 53.6 Å². The van der Waals surface area contributed by atoms with Crippen LogP contribution >= 0.6 is 0 Å². The summed E-state index contributed by atoms with van der Waals surface area (Å²) in [5.74, 6) is -0.978. The zero-order valence-electron chi connectivity index (χ0n) is 55.1. The van der Waals surface area contributed by atoms with Gasteiger partial charge in [0.1, 0.15) is 45.5 Å². The molecule has 0 aliphatic carbocycles. The van der Waals surface area contributed by atoms with Gasteiger partial charge in [0.05, 0.1) is 110 Å². The van der Waals surface area contributed by atoms with Gasteiger partial charge in [-0.15, -0.1) is 6.42 Å². The SMILES string of the molecule is C1CCOCC1.COc1cc(F)c([N+](=O)[O-])cc1N.COc1cc(F)c([N+](=O)[O-])cc1NC(=O)OC(C)(C)C.COc1cc(N2CCOCC2)c(N)cc1NC(=O)OC(C)(C)C.COc1cc(N2CCOCC2)c([N+](=O)[O-])cc1NC(=O)OC(C)(C)C.[CH2-]CC(C)=O.[Y]. The molecule has 0 spiro atoms. The number of rotatable bonds is 13. The molecule has 4 aromatic rings. The van der Waals surface area contributed by atoms with Crippen LogP contribution in [0.3, 0.4) is 0 Å². The zero-order chi connectivity index (χ0) is 69.7. The number of nitrogens with two attached hydrogens (primary N) is 2. The van der Waals surface area contributed by atoms with E-state index >= 15 is 0 Å².